The van der Waals surface area contributed by atoms with Gasteiger partial charge in [0.2, 0.25) is 0 Å². The fraction of sp³-hybridized carbons (Fsp3) is 0.444. The molecule has 0 amide bonds. The largest absolute Gasteiger partial charge is 0.353 e. The zero-order valence-electron chi connectivity index (χ0n) is 7.80. The number of rotatable bonds is 4. The maximum Gasteiger partial charge on any atom is 0.168 e. The van der Waals surface area contributed by atoms with Crippen LogP contribution in [0.3, 0.4) is 0 Å². The minimum atomic E-state index is -0.673. The zero-order chi connectivity index (χ0) is 10.6. The highest BCUT2D eigenvalue weighted by Crippen LogP contribution is 2.16. The maximum atomic E-state index is 13.2. The number of hydrogen-bond donors (Lipinski definition) is 0. The summed E-state index contributed by atoms with van der Waals surface area (Å²) in [6, 6.07) is 0.819. The van der Waals surface area contributed by atoms with Crippen LogP contribution in [-0.4, -0.2) is 24.0 Å². The third kappa shape index (κ3) is 2.54. The molecule has 78 valence electrons. The van der Waals surface area contributed by atoms with Crippen molar-refractivity contribution in [3.05, 3.63) is 23.9 Å². The predicted octanol–water partition coefficient (Wildman–Crippen LogP) is 2.42. The Morgan fingerprint density at radius 2 is 2.21 bits per heavy atom. The predicted molar refractivity (Wildman–Crippen MR) is 52.8 cm³/mol. The molecule has 0 aliphatic rings. The average molecular weight is 221 g/mol. The summed E-state index contributed by atoms with van der Waals surface area (Å²) in [6.07, 6.45) is 0.995. The van der Waals surface area contributed by atoms with Crippen molar-refractivity contribution in [2.24, 2.45) is 0 Å². The molecule has 0 saturated heterocycles. The summed E-state index contributed by atoms with van der Waals surface area (Å²) in [5.41, 5.74) is 0. The zero-order valence-corrected chi connectivity index (χ0v) is 8.56. The molecule has 5 heteroatoms. The van der Waals surface area contributed by atoms with E-state index in [4.69, 9.17) is 11.6 Å². The lowest BCUT2D eigenvalue weighted by molar-refractivity contribution is 0.568. The Balaban J connectivity index is 2.92. The van der Waals surface area contributed by atoms with E-state index in [0.29, 0.717) is 19.0 Å². The Morgan fingerprint density at radius 3 is 2.71 bits per heavy atom. The highest BCUT2D eigenvalue weighted by atomic mass is 35.5. The van der Waals surface area contributed by atoms with Crippen LogP contribution < -0.4 is 4.90 Å². The first-order chi connectivity index (χ1) is 6.69. The van der Waals surface area contributed by atoms with E-state index < -0.39 is 11.6 Å². The van der Waals surface area contributed by atoms with E-state index in [0.717, 1.165) is 12.3 Å². The van der Waals surface area contributed by atoms with Crippen molar-refractivity contribution < 1.29 is 8.78 Å². The molecule has 0 aliphatic heterocycles. The van der Waals surface area contributed by atoms with Crippen molar-refractivity contribution in [3.8, 4) is 0 Å². The lowest BCUT2D eigenvalue weighted by Crippen LogP contribution is -2.26. The molecule has 0 aromatic carbocycles. The Morgan fingerprint density at radius 1 is 1.50 bits per heavy atom. The molecule has 0 aliphatic carbocycles. The van der Waals surface area contributed by atoms with Gasteiger partial charge in [0.15, 0.2) is 11.6 Å². The molecule has 0 atom stereocenters. The molecule has 0 saturated carbocycles. The van der Waals surface area contributed by atoms with Gasteiger partial charge in [-0.25, -0.2) is 13.8 Å². The normalized spacial score (nSPS) is 10.3. The van der Waals surface area contributed by atoms with Crippen LogP contribution in [0.15, 0.2) is 12.3 Å². The molecule has 14 heavy (non-hydrogen) atoms. The van der Waals surface area contributed by atoms with Crippen molar-refractivity contribution in [1.29, 1.82) is 0 Å². The number of alkyl halides is 1. The molecule has 0 radical (unpaired) electrons. The van der Waals surface area contributed by atoms with Crippen LogP contribution in [-0.2, 0) is 0 Å². The summed E-state index contributed by atoms with van der Waals surface area (Å²) >= 11 is 5.54. The Hall–Kier alpha value is -0.900. The molecule has 0 bridgehead atoms. The number of hydrogen-bond acceptors (Lipinski definition) is 2. The molecule has 0 unspecified atom stereocenters. The third-order valence-corrected chi connectivity index (χ3v) is 1.99. The van der Waals surface area contributed by atoms with Crippen LogP contribution in [0.25, 0.3) is 0 Å². The molecule has 0 N–H and O–H groups in total. The summed E-state index contributed by atoms with van der Waals surface area (Å²) in [4.78, 5) is 5.34. The van der Waals surface area contributed by atoms with Gasteiger partial charge in [0.1, 0.15) is 5.82 Å². The van der Waals surface area contributed by atoms with Gasteiger partial charge < -0.3 is 4.90 Å². The van der Waals surface area contributed by atoms with Crippen molar-refractivity contribution in [3.63, 3.8) is 0 Å². The van der Waals surface area contributed by atoms with Crippen LogP contribution in [0.1, 0.15) is 6.92 Å². The molecule has 1 aromatic rings. The van der Waals surface area contributed by atoms with Crippen molar-refractivity contribution >= 4 is 17.4 Å². The van der Waals surface area contributed by atoms with Crippen LogP contribution in [0.2, 0.25) is 0 Å². The van der Waals surface area contributed by atoms with E-state index in [1.165, 1.54) is 0 Å². The number of aromatic nitrogens is 1. The van der Waals surface area contributed by atoms with Gasteiger partial charge in [-0.3, -0.25) is 0 Å². The first-order valence-electron chi connectivity index (χ1n) is 4.31. The maximum absolute atomic E-state index is 13.2. The first kappa shape index (κ1) is 11.2. The molecular weight excluding hydrogens is 210 g/mol. The van der Waals surface area contributed by atoms with E-state index >= 15 is 0 Å². The third-order valence-electron chi connectivity index (χ3n) is 1.82. The summed E-state index contributed by atoms with van der Waals surface area (Å²) in [6.45, 7) is 2.94. The molecule has 1 heterocycles. The highest BCUT2D eigenvalue weighted by molar-refractivity contribution is 6.18. The van der Waals surface area contributed by atoms with Crippen LogP contribution in [0.5, 0.6) is 0 Å². The summed E-state index contributed by atoms with van der Waals surface area (Å²) in [5, 5.41) is 0. The second kappa shape index (κ2) is 5.10. The van der Waals surface area contributed by atoms with Crippen LogP contribution in [0, 0.1) is 11.6 Å². The van der Waals surface area contributed by atoms with Gasteiger partial charge in [0, 0.05) is 25.0 Å². The molecule has 0 spiro atoms. The first-order valence-corrected chi connectivity index (χ1v) is 4.84. The van der Waals surface area contributed by atoms with Crippen molar-refractivity contribution in [2.75, 3.05) is 23.9 Å². The summed E-state index contributed by atoms with van der Waals surface area (Å²) in [5.74, 6) is -0.800. The topological polar surface area (TPSA) is 16.1 Å². The van der Waals surface area contributed by atoms with E-state index in [-0.39, 0.29) is 5.82 Å². The van der Waals surface area contributed by atoms with E-state index in [9.17, 15) is 8.78 Å². The van der Waals surface area contributed by atoms with Gasteiger partial charge in [0.05, 0.1) is 6.20 Å². The van der Waals surface area contributed by atoms with Gasteiger partial charge in [-0.2, -0.15) is 0 Å². The molecular formula is C9H11ClF2N2. The smallest absolute Gasteiger partial charge is 0.168 e. The van der Waals surface area contributed by atoms with Crippen molar-refractivity contribution in [1.82, 2.24) is 4.98 Å². The standard InChI is InChI=1S/C9H11ClF2N2/c1-2-14(4-3-10)9-8(12)5-7(11)6-13-9/h5-6H,2-4H2,1H3. The van der Waals surface area contributed by atoms with Gasteiger partial charge >= 0.3 is 0 Å². The fourth-order valence-corrected chi connectivity index (χ4v) is 1.36. The van der Waals surface area contributed by atoms with Gasteiger partial charge in [-0.1, -0.05) is 0 Å². The SMILES string of the molecule is CCN(CCCl)c1ncc(F)cc1F. The van der Waals surface area contributed by atoms with E-state index in [2.05, 4.69) is 4.98 Å². The van der Waals surface area contributed by atoms with Crippen LogP contribution >= 0.6 is 11.6 Å². The second-order valence-electron chi connectivity index (χ2n) is 2.73. The Kier molecular flexibility index (Phi) is 4.07. The second-order valence-corrected chi connectivity index (χ2v) is 3.11. The molecule has 2 nitrogen and oxygen atoms in total. The number of nitrogens with zero attached hydrogens (tertiary/aromatic N) is 2. The summed E-state index contributed by atoms with van der Waals surface area (Å²) in [7, 11) is 0. The van der Waals surface area contributed by atoms with E-state index in [1.807, 2.05) is 6.92 Å². The lowest BCUT2D eigenvalue weighted by atomic mass is 10.4. The Labute approximate surface area is 86.5 Å². The van der Waals surface area contributed by atoms with Gasteiger partial charge in [0.25, 0.3) is 0 Å². The molecule has 0 fully saturated rings. The number of pyridine rings is 1. The fourth-order valence-electron chi connectivity index (χ4n) is 1.16. The Bertz CT molecular complexity index is 307. The van der Waals surface area contributed by atoms with E-state index in [1.54, 1.807) is 4.90 Å². The van der Waals surface area contributed by atoms with Crippen molar-refractivity contribution in [2.45, 2.75) is 6.92 Å². The highest BCUT2D eigenvalue weighted by Gasteiger charge is 2.11. The minimum Gasteiger partial charge on any atom is -0.353 e. The number of anilines is 1. The van der Waals surface area contributed by atoms with Gasteiger partial charge in [-0.05, 0) is 6.92 Å². The monoisotopic (exact) mass is 220 g/mol. The average Bonchev–Trinajstić information content (AvgIpc) is 2.15. The molecule has 1 aromatic heterocycles. The molecule has 1 rings (SSSR count). The lowest BCUT2D eigenvalue weighted by Gasteiger charge is -2.20. The van der Waals surface area contributed by atoms with Gasteiger partial charge in [-0.15, -0.1) is 11.6 Å². The number of halogens is 3. The van der Waals surface area contributed by atoms with Crippen LogP contribution in [0.4, 0.5) is 14.6 Å². The minimum absolute atomic E-state index is 0.148. The summed E-state index contributed by atoms with van der Waals surface area (Å²) < 4.78 is 25.8. The quantitative estimate of drug-likeness (QED) is 0.725.